The molecule has 4 saturated heterocycles. The summed E-state index contributed by atoms with van der Waals surface area (Å²) in [5.41, 5.74) is 0.693. The average molecular weight is 347 g/mol. The van der Waals surface area contributed by atoms with Crippen molar-refractivity contribution in [3.8, 4) is 0 Å². The SMILES string of the molecule is C/C=C(\C)C(=O)O[C@H]1CC[NH+]2C[C@H]3C[C@H](CN4C(=O)CCC[C@H]34)[C@H]2C1. The van der Waals surface area contributed by atoms with Crippen LogP contribution in [0.3, 0.4) is 0 Å². The van der Waals surface area contributed by atoms with Crippen LogP contribution >= 0.6 is 0 Å². The normalized spacial score (nSPS) is 41.0. The van der Waals surface area contributed by atoms with E-state index in [9.17, 15) is 9.59 Å². The molecule has 0 aromatic heterocycles. The Kier molecular flexibility index (Phi) is 4.61. The number of nitrogens with one attached hydrogen (secondary N) is 1. The zero-order valence-corrected chi connectivity index (χ0v) is 15.5. The van der Waals surface area contributed by atoms with Gasteiger partial charge in [0.25, 0.3) is 0 Å². The zero-order valence-electron chi connectivity index (χ0n) is 15.5. The first kappa shape index (κ1) is 17.1. The molecule has 4 aliphatic heterocycles. The van der Waals surface area contributed by atoms with Crippen LogP contribution in [0.1, 0.15) is 52.4 Å². The van der Waals surface area contributed by atoms with Gasteiger partial charge in [-0.15, -0.1) is 0 Å². The number of piperidine rings is 4. The van der Waals surface area contributed by atoms with Gasteiger partial charge in [-0.3, -0.25) is 4.79 Å². The molecule has 138 valence electrons. The summed E-state index contributed by atoms with van der Waals surface area (Å²) in [6.07, 6.45) is 8.06. The maximum Gasteiger partial charge on any atom is 0.333 e. The monoisotopic (exact) mass is 347 g/mol. The summed E-state index contributed by atoms with van der Waals surface area (Å²) in [7, 11) is 0. The molecule has 4 heterocycles. The second-order valence-corrected chi connectivity index (χ2v) is 8.50. The van der Waals surface area contributed by atoms with Crippen molar-refractivity contribution in [2.24, 2.45) is 11.8 Å². The van der Waals surface area contributed by atoms with Crippen LogP contribution in [0.5, 0.6) is 0 Å². The Hall–Kier alpha value is -1.36. The van der Waals surface area contributed by atoms with Crippen LogP contribution in [0, 0.1) is 11.8 Å². The molecule has 1 amide bonds. The molecular weight excluding hydrogens is 316 g/mol. The minimum atomic E-state index is -0.167. The van der Waals surface area contributed by atoms with Gasteiger partial charge in [-0.05, 0) is 33.1 Å². The third kappa shape index (κ3) is 3.12. The van der Waals surface area contributed by atoms with Crippen LogP contribution in [-0.4, -0.2) is 54.6 Å². The molecule has 0 saturated carbocycles. The first-order chi connectivity index (χ1) is 12.1. The van der Waals surface area contributed by atoms with Crippen molar-refractivity contribution in [3.63, 3.8) is 0 Å². The van der Waals surface area contributed by atoms with Crippen LogP contribution in [0.4, 0.5) is 0 Å². The van der Waals surface area contributed by atoms with Gasteiger partial charge in [-0.1, -0.05) is 6.08 Å². The highest BCUT2D eigenvalue weighted by molar-refractivity contribution is 5.87. The smallest absolute Gasteiger partial charge is 0.333 e. The second kappa shape index (κ2) is 6.75. The Balaban J connectivity index is 1.44. The fourth-order valence-electron chi connectivity index (χ4n) is 5.74. The summed E-state index contributed by atoms with van der Waals surface area (Å²) in [5, 5.41) is 0. The molecule has 25 heavy (non-hydrogen) atoms. The molecule has 5 heteroatoms. The minimum Gasteiger partial charge on any atom is -0.459 e. The fraction of sp³-hybridized carbons (Fsp3) is 0.800. The molecule has 0 spiro atoms. The van der Waals surface area contributed by atoms with Crippen LogP contribution in [0.15, 0.2) is 11.6 Å². The lowest BCUT2D eigenvalue weighted by Crippen LogP contribution is -3.20. The van der Waals surface area contributed by atoms with Crippen LogP contribution in [0.2, 0.25) is 0 Å². The molecule has 1 N–H and O–H groups in total. The molecule has 0 aromatic rings. The number of hydrogen-bond donors (Lipinski definition) is 1. The first-order valence-corrected chi connectivity index (χ1v) is 10.0. The van der Waals surface area contributed by atoms with Crippen LogP contribution in [0.25, 0.3) is 0 Å². The van der Waals surface area contributed by atoms with Gasteiger partial charge < -0.3 is 14.5 Å². The maximum absolute atomic E-state index is 12.4. The van der Waals surface area contributed by atoms with E-state index in [1.54, 1.807) is 4.90 Å². The summed E-state index contributed by atoms with van der Waals surface area (Å²) in [6, 6.07) is 1.04. The van der Waals surface area contributed by atoms with Crippen molar-refractivity contribution in [2.75, 3.05) is 19.6 Å². The quantitative estimate of drug-likeness (QED) is 0.598. The van der Waals surface area contributed by atoms with E-state index in [0.717, 1.165) is 38.8 Å². The number of allylic oxidation sites excluding steroid dienone is 1. The van der Waals surface area contributed by atoms with Crippen LogP contribution in [-0.2, 0) is 14.3 Å². The van der Waals surface area contributed by atoms with Crippen molar-refractivity contribution < 1.29 is 19.2 Å². The van der Waals surface area contributed by atoms with Gasteiger partial charge in [0.05, 0.1) is 19.1 Å². The number of quaternary nitrogens is 1. The van der Waals surface area contributed by atoms with Crippen molar-refractivity contribution >= 4 is 11.9 Å². The van der Waals surface area contributed by atoms with Crippen LogP contribution < -0.4 is 4.90 Å². The zero-order chi connectivity index (χ0) is 17.6. The number of hydrogen-bond acceptors (Lipinski definition) is 3. The summed E-state index contributed by atoms with van der Waals surface area (Å²) in [4.78, 5) is 28.4. The lowest BCUT2D eigenvalue weighted by atomic mass is 9.70. The first-order valence-electron chi connectivity index (χ1n) is 10.0. The second-order valence-electron chi connectivity index (χ2n) is 8.50. The Morgan fingerprint density at radius 2 is 2.12 bits per heavy atom. The molecule has 4 aliphatic rings. The molecule has 5 nitrogen and oxygen atoms in total. The Labute approximate surface area is 150 Å². The van der Waals surface area contributed by atoms with Crippen molar-refractivity contribution in [1.82, 2.24) is 4.90 Å². The summed E-state index contributed by atoms with van der Waals surface area (Å²) < 4.78 is 5.76. The third-order valence-corrected chi connectivity index (χ3v) is 7.14. The summed E-state index contributed by atoms with van der Waals surface area (Å²) in [5.74, 6) is 1.46. The number of carbonyl (C=O) groups is 2. The molecule has 6 atom stereocenters. The van der Waals surface area contributed by atoms with Gasteiger partial charge in [0, 0.05) is 49.3 Å². The predicted octanol–water partition coefficient (Wildman–Crippen LogP) is 0.943. The average Bonchev–Trinajstić information content (AvgIpc) is 2.62. The molecule has 0 radical (unpaired) electrons. The lowest BCUT2D eigenvalue weighted by Gasteiger charge is -2.55. The van der Waals surface area contributed by atoms with Gasteiger partial charge in [0.2, 0.25) is 5.91 Å². The van der Waals surface area contributed by atoms with Gasteiger partial charge >= 0.3 is 5.97 Å². The summed E-state index contributed by atoms with van der Waals surface area (Å²) >= 11 is 0. The number of rotatable bonds is 2. The van der Waals surface area contributed by atoms with Crippen molar-refractivity contribution in [3.05, 3.63) is 11.6 Å². The largest absolute Gasteiger partial charge is 0.459 e. The number of carbonyl (C=O) groups excluding carboxylic acids is 2. The summed E-state index contributed by atoms with van der Waals surface area (Å²) in [6.45, 7) is 6.92. The highest BCUT2D eigenvalue weighted by Gasteiger charge is 2.52. The van der Waals surface area contributed by atoms with Gasteiger partial charge in [0.15, 0.2) is 0 Å². The predicted molar refractivity (Wildman–Crippen MR) is 94.0 cm³/mol. The number of nitrogens with zero attached hydrogens (tertiary/aromatic N) is 1. The number of amides is 1. The van der Waals surface area contributed by atoms with E-state index in [0.29, 0.717) is 35.4 Å². The van der Waals surface area contributed by atoms with Gasteiger partial charge in [0.1, 0.15) is 6.10 Å². The van der Waals surface area contributed by atoms with E-state index in [1.165, 1.54) is 19.4 Å². The lowest BCUT2D eigenvalue weighted by molar-refractivity contribution is -0.946. The van der Waals surface area contributed by atoms with Gasteiger partial charge in [-0.2, -0.15) is 0 Å². The topological polar surface area (TPSA) is 51.1 Å². The van der Waals surface area contributed by atoms with E-state index in [2.05, 4.69) is 4.90 Å². The van der Waals surface area contributed by atoms with E-state index in [1.807, 2.05) is 19.9 Å². The third-order valence-electron chi connectivity index (χ3n) is 7.14. The minimum absolute atomic E-state index is 0.0440. The molecule has 4 rings (SSSR count). The Morgan fingerprint density at radius 3 is 2.92 bits per heavy atom. The molecular formula is C20H31N2O3+. The number of fused-ring (bicyclic) bond motifs is 6. The van der Waals surface area contributed by atoms with E-state index in [-0.39, 0.29) is 12.1 Å². The molecule has 0 aliphatic carbocycles. The van der Waals surface area contributed by atoms with Gasteiger partial charge in [-0.25, -0.2) is 4.79 Å². The maximum atomic E-state index is 12.4. The molecule has 2 bridgehead atoms. The highest BCUT2D eigenvalue weighted by atomic mass is 16.5. The number of esters is 1. The molecule has 1 unspecified atom stereocenters. The Bertz CT molecular complexity index is 587. The highest BCUT2D eigenvalue weighted by Crippen LogP contribution is 2.38. The number of ether oxygens (including phenoxy) is 1. The Morgan fingerprint density at radius 1 is 1.28 bits per heavy atom. The van der Waals surface area contributed by atoms with E-state index in [4.69, 9.17) is 4.74 Å². The van der Waals surface area contributed by atoms with Crippen molar-refractivity contribution in [2.45, 2.75) is 70.6 Å². The fourth-order valence-corrected chi connectivity index (χ4v) is 5.74. The van der Waals surface area contributed by atoms with E-state index < -0.39 is 0 Å². The molecule has 0 aromatic carbocycles. The molecule has 4 fully saturated rings. The van der Waals surface area contributed by atoms with E-state index >= 15 is 0 Å². The van der Waals surface area contributed by atoms with Crippen molar-refractivity contribution in [1.29, 1.82) is 0 Å². The standard InChI is InChI=1S/C20H30N2O3/c1-3-13(2)20(24)25-16-7-8-21-11-14-9-15(18(21)10-16)12-22-17(14)5-4-6-19(22)23/h3,14-18H,4-12H2,1-2H3/p+1/b13-3+/t14-,15-,16+,17-,18-/m1/s1.